The standard InChI is InChI=1S/C13H16N2O2/c1-3-7-15-13(16)9-17-12-6-4-5-11(8-12)10(2)14/h1,4-6,8,10H,7,9,14H2,2H3,(H,15,16)/t10-/m1/s1. The molecule has 4 nitrogen and oxygen atoms in total. The van der Waals surface area contributed by atoms with Gasteiger partial charge in [-0.3, -0.25) is 4.79 Å². The summed E-state index contributed by atoms with van der Waals surface area (Å²) in [4.78, 5) is 11.2. The Labute approximate surface area is 101 Å². The second-order valence-electron chi connectivity index (χ2n) is 3.63. The first kappa shape index (κ1) is 13.1. The molecule has 1 atom stereocenters. The lowest BCUT2D eigenvalue weighted by atomic mass is 10.1. The summed E-state index contributed by atoms with van der Waals surface area (Å²) in [6.45, 7) is 2.05. The second kappa shape index (κ2) is 6.56. The van der Waals surface area contributed by atoms with Crippen LogP contribution in [-0.2, 0) is 4.79 Å². The van der Waals surface area contributed by atoms with E-state index in [0.717, 1.165) is 5.56 Å². The molecule has 0 radical (unpaired) electrons. The molecule has 0 saturated heterocycles. The average molecular weight is 232 g/mol. The fraction of sp³-hybridized carbons (Fsp3) is 0.308. The molecule has 17 heavy (non-hydrogen) atoms. The van der Waals surface area contributed by atoms with E-state index < -0.39 is 0 Å². The lowest BCUT2D eigenvalue weighted by Crippen LogP contribution is -2.29. The van der Waals surface area contributed by atoms with Crippen molar-refractivity contribution in [3.05, 3.63) is 29.8 Å². The zero-order chi connectivity index (χ0) is 12.7. The number of rotatable bonds is 5. The summed E-state index contributed by atoms with van der Waals surface area (Å²) >= 11 is 0. The Morgan fingerprint density at radius 1 is 1.65 bits per heavy atom. The Hall–Kier alpha value is -1.99. The van der Waals surface area contributed by atoms with Crippen LogP contribution in [0.4, 0.5) is 0 Å². The van der Waals surface area contributed by atoms with Crippen molar-refractivity contribution in [2.24, 2.45) is 5.73 Å². The van der Waals surface area contributed by atoms with Crippen LogP contribution in [0.2, 0.25) is 0 Å². The number of hydrogen-bond acceptors (Lipinski definition) is 3. The van der Waals surface area contributed by atoms with Crippen LogP contribution in [0.1, 0.15) is 18.5 Å². The highest BCUT2D eigenvalue weighted by Crippen LogP contribution is 2.17. The van der Waals surface area contributed by atoms with E-state index in [1.54, 1.807) is 6.07 Å². The van der Waals surface area contributed by atoms with Gasteiger partial charge in [-0.1, -0.05) is 18.1 Å². The fourth-order valence-corrected chi connectivity index (χ4v) is 1.24. The van der Waals surface area contributed by atoms with E-state index in [4.69, 9.17) is 16.9 Å². The lowest BCUT2D eigenvalue weighted by Gasteiger charge is -2.09. The summed E-state index contributed by atoms with van der Waals surface area (Å²) in [5, 5.41) is 2.52. The Morgan fingerprint density at radius 2 is 2.41 bits per heavy atom. The molecule has 0 unspecified atom stereocenters. The second-order valence-corrected chi connectivity index (χ2v) is 3.63. The Morgan fingerprint density at radius 3 is 3.06 bits per heavy atom. The molecule has 0 fully saturated rings. The summed E-state index contributed by atoms with van der Waals surface area (Å²) in [5.74, 6) is 2.70. The van der Waals surface area contributed by atoms with Gasteiger partial charge >= 0.3 is 0 Å². The molecule has 3 N–H and O–H groups in total. The number of benzene rings is 1. The zero-order valence-electron chi connectivity index (χ0n) is 9.77. The molecule has 0 aliphatic rings. The maximum Gasteiger partial charge on any atom is 0.258 e. The summed E-state index contributed by atoms with van der Waals surface area (Å²) in [6.07, 6.45) is 5.02. The molecule has 0 saturated carbocycles. The smallest absolute Gasteiger partial charge is 0.258 e. The molecule has 0 aliphatic heterocycles. The zero-order valence-corrected chi connectivity index (χ0v) is 9.77. The summed E-state index contributed by atoms with van der Waals surface area (Å²) in [6, 6.07) is 7.29. The van der Waals surface area contributed by atoms with Crippen molar-refractivity contribution in [2.45, 2.75) is 13.0 Å². The molecule has 1 aromatic carbocycles. The SMILES string of the molecule is C#CCNC(=O)COc1cccc([C@@H](C)N)c1. The van der Waals surface area contributed by atoms with Gasteiger partial charge in [0.2, 0.25) is 0 Å². The van der Waals surface area contributed by atoms with Crippen molar-refractivity contribution in [3.8, 4) is 18.1 Å². The van der Waals surface area contributed by atoms with Gasteiger partial charge in [-0.05, 0) is 24.6 Å². The van der Waals surface area contributed by atoms with Gasteiger partial charge in [0.1, 0.15) is 5.75 Å². The number of carbonyl (C=O) groups excluding carboxylic acids is 1. The molecule has 0 heterocycles. The molecular formula is C13H16N2O2. The molecule has 1 amide bonds. The molecule has 4 heteroatoms. The molecule has 0 aromatic heterocycles. The minimum atomic E-state index is -0.242. The van der Waals surface area contributed by atoms with E-state index in [1.807, 2.05) is 25.1 Å². The molecular weight excluding hydrogens is 216 g/mol. The van der Waals surface area contributed by atoms with Gasteiger partial charge in [-0.25, -0.2) is 0 Å². The number of ether oxygens (including phenoxy) is 1. The van der Waals surface area contributed by atoms with Crippen molar-refractivity contribution in [3.63, 3.8) is 0 Å². The van der Waals surface area contributed by atoms with E-state index >= 15 is 0 Å². The average Bonchev–Trinajstić information content (AvgIpc) is 2.34. The van der Waals surface area contributed by atoms with E-state index in [-0.39, 0.29) is 25.1 Å². The predicted octanol–water partition coefficient (Wildman–Crippen LogP) is 0.834. The minimum Gasteiger partial charge on any atom is -0.484 e. The van der Waals surface area contributed by atoms with Gasteiger partial charge in [0, 0.05) is 6.04 Å². The highest BCUT2D eigenvalue weighted by atomic mass is 16.5. The van der Waals surface area contributed by atoms with Crippen LogP contribution in [0.3, 0.4) is 0 Å². The minimum absolute atomic E-state index is 0.0515. The van der Waals surface area contributed by atoms with Gasteiger partial charge in [0.15, 0.2) is 6.61 Å². The van der Waals surface area contributed by atoms with E-state index in [1.165, 1.54) is 0 Å². The predicted molar refractivity (Wildman–Crippen MR) is 66.4 cm³/mol. The van der Waals surface area contributed by atoms with Gasteiger partial charge in [-0.15, -0.1) is 6.42 Å². The monoisotopic (exact) mass is 232 g/mol. The summed E-state index contributed by atoms with van der Waals surface area (Å²) < 4.78 is 5.32. The number of amides is 1. The van der Waals surface area contributed by atoms with E-state index in [0.29, 0.717) is 5.75 Å². The van der Waals surface area contributed by atoms with Gasteiger partial charge in [0.05, 0.1) is 6.54 Å². The molecule has 0 bridgehead atoms. The molecule has 1 rings (SSSR count). The third-order valence-electron chi connectivity index (χ3n) is 2.14. The Kier molecular flexibility index (Phi) is 5.05. The van der Waals surface area contributed by atoms with Gasteiger partial charge in [-0.2, -0.15) is 0 Å². The maximum absolute atomic E-state index is 11.2. The number of nitrogens with one attached hydrogen (secondary N) is 1. The van der Waals surface area contributed by atoms with Crippen LogP contribution in [0.15, 0.2) is 24.3 Å². The molecule has 1 aromatic rings. The highest BCUT2D eigenvalue weighted by Gasteiger charge is 2.03. The topological polar surface area (TPSA) is 64.3 Å². The van der Waals surface area contributed by atoms with E-state index in [9.17, 15) is 4.79 Å². The lowest BCUT2D eigenvalue weighted by molar-refractivity contribution is -0.122. The number of nitrogens with two attached hydrogens (primary N) is 1. The number of hydrogen-bond donors (Lipinski definition) is 2. The maximum atomic E-state index is 11.2. The van der Waals surface area contributed by atoms with Crippen LogP contribution < -0.4 is 15.8 Å². The van der Waals surface area contributed by atoms with E-state index in [2.05, 4.69) is 11.2 Å². The van der Waals surface area contributed by atoms with Crippen LogP contribution in [0.25, 0.3) is 0 Å². The third kappa shape index (κ3) is 4.58. The largest absolute Gasteiger partial charge is 0.484 e. The third-order valence-corrected chi connectivity index (χ3v) is 2.14. The van der Waals surface area contributed by atoms with Crippen molar-refractivity contribution >= 4 is 5.91 Å². The first-order valence-corrected chi connectivity index (χ1v) is 5.32. The number of carbonyl (C=O) groups is 1. The first-order valence-electron chi connectivity index (χ1n) is 5.32. The molecule has 0 spiro atoms. The quantitative estimate of drug-likeness (QED) is 0.739. The summed E-state index contributed by atoms with van der Waals surface area (Å²) in [7, 11) is 0. The first-order chi connectivity index (χ1) is 8.13. The Bertz CT molecular complexity index is 422. The fourth-order valence-electron chi connectivity index (χ4n) is 1.24. The molecule has 0 aliphatic carbocycles. The van der Waals surface area contributed by atoms with Crippen LogP contribution in [0.5, 0.6) is 5.75 Å². The highest BCUT2D eigenvalue weighted by molar-refractivity contribution is 5.77. The Balaban J connectivity index is 2.49. The van der Waals surface area contributed by atoms with Gasteiger partial charge < -0.3 is 15.8 Å². The van der Waals surface area contributed by atoms with Crippen molar-refractivity contribution in [1.29, 1.82) is 0 Å². The van der Waals surface area contributed by atoms with Crippen molar-refractivity contribution < 1.29 is 9.53 Å². The molecule has 90 valence electrons. The van der Waals surface area contributed by atoms with Crippen molar-refractivity contribution in [2.75, 3.05) is 13.2 Å². The van der Waals surface area contributed by atoms with Gasteiger partial charge in [0.25, 0.3) is 5.91 Å². The van der Waals surface area contributed by atoms with Crippen LogP contribution in [-0.4, -0.2) is 19.1 Å². The van der Waals surface area contributed by atoms with Crippen LogP contribution in [0, 0.1) is 12.3 Å². The van der Waals surface area contributed by atoms with Crippen molar-refractivity contribution in [1.82, 2.24) is 5.32 Å². The summed E-state index contributed by atoms with van der Waals surface area (Å²) in [5.41, 5.74) is 6.71. The normalized spacial score (nSPS) is 11.4. The van der Waals surface area contributed by atoms with Crippen LogP contribution >= 0.6 is 0 Å². The number of terminal acetylenes is 1.